The Balaban J connectivity index is 1.52. The molecule has 0 aliphatic rings. The van der Waals surface area contributed by atoms with Gasteiger partial charge in [-0.25, -0.2) is 4.98 Å². The maximum atomic E-state index is 4.72. The molecular formula is C24H16N4. The predicted octanol–water partition coefficient (Wildman–Crippen LogP) is 5.49. The van der Waals surface area contributed by atoms with Crippen LogP contribution in [0.3, 0.4) is 0 Å². The van der Waals surface area contributed by atoms with Crippen LogP contribution in [0.15, 0.2) is 97.6 Å². The second-order valence-corrected chi connectivity index (χ2v) is 6.88. The van der Waals surface area contributed by atoms with Crippen LogP contribution in [-0.2, 0) is 0 Å². The summed E-state index contributed by atoms with van der Waals surface area (Å²) in [7, 11) is 0. The van der Waals surface area contributed by atoms with Gasteiger partial charge in [-0.15, -0.1) is 0 Å². The van der Waals surface area contributed by atoms with Crippen molar-refractivity contribution in [3.63, 3.8) is 0 Å². The number of hydrogen-bond donors (Lipinski definition) is 0. The lowest BCUT2D eigenvalue weighted by Crippen LogP contribution is -1.93. The van der Waals surface area contributed by atoms with Crippen molar-refractivity contribution >= 4 is 27.5 Å². The quantitative estimate of drug-likeness (QED) is 0.409. The molecule has 0 aliphatic carbocycles. The maximum Gasteiger partial charge on any atom is 0.137 e. The van der Waals surface area contributed by atoms with Gasteiger partial charge >= 0.3 is 0 Å². The van der Waals surface area contributed by atoms with E-state index >= 15 is 0 Å². The molecular weight excluding hydrogens is 344 g/mol. The fourth-order valence-corrected chi connectivity index (χ4v) is 3.95. The minimum atomic E-state index is 0.954. The molecule has 0 aliphatic heterocycles. The first kappa shape index (κ1) is 15.2. The molecule has 0 radical (unpaired) electrons. The largest absolute Gasteiger partial charge is 0.308 e. The zero-order chi connectivity index (χ0) is 18.5. The number of para-hydroxylation sites is 1. The molecule has 2 aromatic carbocycles. The van der Waals surface area contributed by atoms with E-state index in [4.69, 9.17) is 4.98 Å². The molecule has 6 aromatic rings. The van der Waals surface area contributed by atoms with Gasteiger partial charge < -0.3 is 8.97 Å². The summed E-state index contributed by atoms with van der Waals surface area (Å²) < 4.78 is 4.31. The molecule has 0 fully saturated rings. The highest BCUT2D eigenvalue weighted by molar-refractivity contribution is 6.08. The van der Waals surface area contributed by atoms with Gasteiger partial charge in [-0.2, -0.15) is 0 Å². The van der Waals surface area contributed by atoms with Crippen molar-refractivity contribution in [2.24, 2.45) is 0 Å². The van der Waals surface area contributed by atoms with Crippen molar-refractivity contribution in [3.05, 3.63) is 97.6 Å². The van der Waals surface area contributed by atoms with Crippen LogP contribution < -0.4 is 0 Å². The zero-order valence-corrected chi connectivity index (χ0v) is 15.0. The van der Waals surface area contributed by atoms with Crippen LogP contribution in [-0.4, -0.2) is 18.9 Å². The highest BCUT2D eigenvalue weighted by atomic mass is 15.0. The summed E-state index contributed by atoms with van der Waals surface area (Å²) in [6.45, 7) is 0. The second-order valence-electron chi connectivity index (χ2n) is 6.88. The number of fused-ring (bicyclic) bond motifs is 4. The Morgan fingerprint density at radius 3 is 2.43 bits per heavy atom. The molecule has 0 unspecified atom stereocenters. The fraction of sp³-hybridized carbons (Fsp3) is 0. The van der Waals surface area contributed by atoms with E-state index in [1.54, 1.807) is 0 Å². The minimum absolute atomic E-state index is 0.954. The lowest BCUT2D eigenvalue weighted by Gasteiger charge is -2.08. The first-order valence-corrected chi connectivity index (χ1v) is 9.26. The summed E-state index contributed by atoms with van der Waals surface area (Å²) in [5, 5.41) is 2.46. The van der Waals surface area contributed by atoms with Crippen molar-refractivity contribution in [1.82, 2.24) is 18.9 Å². The topological polar surface area (TPSA) is 35.1 Å². The minimum Gasteiger partial charge on any atom is -0.308 e. The summed E-state index contributed by atoms with van der Waals surface area (Å²) in [6.07, 6.45) is 7.87. The third-order valence-electron chi connectivity index (χ3n) is 5.26. The number of imidazole rings is 1. The molecule has 0 bridgehead atoms. The van der Waals surface area contributed by atoms with E-state index in [-0.39, 0.29) is 0 Å². The predicted molar refractivity (Wildman–Crippen MR) is 113 cm³/mol. The van der Waals surface area contributed by atoms with E-state index in [0.29, 0.717) is 0 Å². The van der Waals surface area contributed by atoms with Gasteiger partial charge in [0.05, 0.1) is 22.9 Å². The Labute approximate surface area is 161 Å². The van der Waals surface area contributed by atoms with Gasteiger partial charge in [-0.05, 0) is 36.4 Å². The average molecular weight is 360 g/mol. The summed E-state index contributed by atoms with van der Waals surface area (Å²) in [5.41, 5.74) is 6.45. The second kappa shape index (κ2) is 5.79. The highest BCUT2D eigenvalue weighted by Crippen LogP contribution is 2.31. The third-order valence-corrected chi connectivity index (χ3v) is 5.26. The molecule has 132 valence electrons. The summed E-state index contributed by atoms with van der Waals surface area (Å²) in [4.78, 5) is 9.07. The zero-order valence-electron chi connectivity index (χ0n) is 15.0. The monoisotopic (exact) mass is 360 g/mol. The van der Waals surface area contributed by atoms with Gasteiger partial charge in [-0.1, -0.05) is 36.4 Å². The van der Waals surface area contributed by atoms with Crippen LogP contribution in [0.5, 0.6) is 0 Å². The van der Waals surface area contributed by atoms with Gasteiger partial charge in [0.15, 0.2) is 0 Å². The first-order valence-electron chi connectivity index (χ1n) is 9.26. The molecule has 0 spiro atoms. The van der Waals surface area contributed by atoms with Crippen molar-refractivity contribution in [2.45, 2.75) is 0 Å². The maximum absolute atomic E-state index is 4.72. The molecule has 6 rings (SSSR count). The van der Waals surface area contributed by atoms with Gasteiger partial charge in [0.1, 0.15) is 5.65 Å². The van der Waals surface area contributed by atoms with Gasteiger partial charge in [0, 0.05) is 40.6 Å². The average Bonchev–Trinajstić information content (AvgIpc) is 3.33. The van der Waals surface area contributed by atoms with E-state index in [1.807, 2.05) is 41.2 Å². The van der Waals surface area contributed by atoms with Crippen LogP contribution in [0.4, 0.5) is 0 Å². The van der Waals surface area contributed by atoms with Crippen LogP contribution in [0.1, 0.15) is 0 Å². The summed E-state index contributed by atoms with van der Waals surface area (Å²) in [6, 6.07) is 25.2. The molecule has 4 heteroatoms. The molecule has 28 heavy (non-hydrogen) atoms. The SMILES string of the molecule is c1ccc2c(c1)c1ccncc1n2-c1ccc(-c2cn3ccccc3n2)cc1. The first-order chi connectivity index (χ1) is 13.9. The summed E-state index contributed by atoms with van der Waals surface area (Å²) in [5.74, 6) is 0. The van der Waals surface area contributed by atoms with Crippen LogP contribution in [0.25, 0.3) is 44.4 Å². The lowest BCUT2D eigenvalue weighted by atomic mass is 10.1. The molecule has 4 heterocycles. The van der Waals surface area contributed by atoms with Crippen LogP contribution >= 0.6 is 0 Å². The summed E-state index contributed by atoms with van der Waals surface area (Å²) >= 11 is 0. The van der Waals surface area contributed by atoms with Crippen molar-refractivity contribution in [1.29, 1.82) is 0 Å². The Morgan fingerprint density at radius 2 is 1.54 bits per heavy atom. The number of hydrogen-bond acceptors (Lipinski definition) is 2. The smallest absolute Gasteiger partial charge is 0.137 e. The van der Waals surface area contributed by atoms with E-state index in [9.17, 15) is 0 Å². The van der Waals surface area contributed by atoms with E-state index in [1.165, 1.54) is 16.3 Å². The normalized spacial score (nSPS) is 11.6. The van der Waals surface area contributed by atoms with E-state index < -0.39 is 0 Å². The standard InChI is InChI=1S/C24H16N4/c1-2-6-22-19(5-1)20-12-13-25-15-23(20)28(22)18-10-8-17(9-11-18)21-16-27-14-4-3-7-24(27)26-21/h1-16H. The molecule has 4 nitrogen and oxygen atoms in total. The molecule has 4 aromatic heterocycles. The number of pyridine rings is 2. The molecule has 0 N–H and O–H groups in total. The third kappa shape index (κ3) is 2.18. The van der Waals surface area contributed by atoms with E-state index in [2.05, 4.69) is 70.3 Å². The number of benzene rings is 2. The van der Waals surface area contributed by atoms with Crippen LogP contribution in [0.2, 0.25) is 0 Å². The van der Waals surface area contributed by atoms with Gasteiger partial charge in [0.2, 0.25) is 0 Å². The van der Waals surface area contributed by atoms with E-state index in [0.717, 1.165) is 28.1 Å². The van der Waals surface area contributed by atoms with Gasteiger partial charge in [-0.3, -0.25) is 4.98 Å². The molecule has 0 amide bonds. The van der Waals surface area contributed by atoms with Crippen LogP contribution in [0, 0.1) is 0 Å². The van der Waals surface area contributed by atoms with Gasteiger partial charge in [0.25, 0.3) is 0 Å². The molecule has 0 saturated carbocycles. The Morgan fingerprint density at radius 1 is 0.714 bits per heavy atom. The van der Waals surface area contributed by atoms with Crippen molar-refractivity contribution in [3.8, 4) is 16.9 Å². The number of nitrogens with zero attached hydrogens (tertiary/aromatic N) is 4. The number of rotatable bonds is 2. The highest BCUT2D eigenvalue weighted by Gasteiger charge is 2.12. The van der Waals surface area contributed by atoms with Crippen molar-refractivity contribution < 1.29 is 0 Å². The molecule has 0 atom stereocenters. The Kier molecular flexibility index (Phi) is 3.14. The number of aromatic nitrogens is 4. The molecule has 0 saturated heterocycles. The lowest BCUT2D eigenvalue weighted by molar-refractivity contribution is 1.16. The Hall–Kier alpha value is -3.92. The Bertz CT molecular complexity index is 1370. The van der Waals surface area contributed by atoms with Crippen molar-refractivity contribution in [2.75, 3.05) is 0 Å². The fourth-order valence-electron chi connectivity index (χ4n) is 3.95.